The van der Waals surface area contributed by atoms with Gasteiger partial charge in [-0.1, -0.05) is 0 Å². The minimum absolute atomic E-state index is 0.381. The highest BCUT2D eigenvalue weighted by atomic mass is 16.5. The number of hydrogen-bond donors (Lipinski definition) is 3. The number of carbonyl (C=O) groups is 2. The van der Waals surface area contributed by atoms with Gasteiger partial charge in [-0.2, -0.15) is 0 Å². The number of rotatable bonds is 5. The highest BCUT2D eigenvalue weighted by molar-refractivity contribution is 5.82. The van der Waals surface area contributed by atoms with Crippen LogP contribution < -0.4 is 5.32 Å². The molecule has 1 atom stereocenters. The second kappa shape index (κ2) is 7.17. The molecule has 1 fully saturated rings. The van der Waals surface area contributed by atoms with E-state index in [2.05, 4.69) is 5.32 Å². The summed E-state index contributed by atoms with van der Waals surface area (Å²) >= 11 is 0. The summed E-state index contributed by atoms with van der Waals surface area (Å²) < 4.78 is 5.23. The van der Waals surface area contributed by atoms with Crippen LogP contribution in [-0.2, 0) is 9.53 Å². The van der Waals surface area contributed by atoms with Gasteiger partial charge in [0.15, 0.2) is 6.04 Å². The van der Waals surface area contributed by atoms with Crippen molar-refractivity contribution in [2.75, 3.05) is 33.4 Å². The fraction of sp³-hybridized carbons (Fsp3) is 0.818. The number of hydrogen-bond acceptors (Lipinski definition) is 4. The Labute approximate surface area is 106 Å². The van der Waals surface area contributed by atoms with Gasteiger partial charge < -0.3 is 25.2 Å². The maximum atomic E-state index is 11.7. The Hall–Kier alpha value is -1.34. The smallest absolute Gasteiger partial charge is 0.328 e. The van der Waals surface area contributed by atoms with E-state index in [9.17, 15) is 9.59 Å². The topological polar surface area (TPSA) is 99.1 Å². The van der Waals surface area contributed by atoms with E-state index < -0.39 is 24.6 Å². The van der Waals surface area contributed by atoms with Crippen molar-refractivity contribution in [2.24, 2.45) is 5.92 Å². The number of ether oxygens (including phenoxy) is 1. The molecule has 3 N–H and O–H groups in total. The molecule has 0 unspecified atom stereocenters. The fourth-order valence-corrected chi connectivity index (χ4v) is 1.84. The van der Waals surface area contributed by atoms with Crippen LogP contribution in [0.2, 0.25) is 0 Å². The van der Waals surface area contributed by atoms with Crippen molar-refractivity contribution in [1.29, 1.82) is 0 Å². The molecule has 0 aromatic carbocycles. The summed E-state index contributed by atoms with van der Waals surface area (Å²) in [4.78, 5) is 23.8. The summed E-state index contributed by atoms with van der Waals surface area (Å²) in [6.07, 6.45) is 1.81. The van der Waals surface area contributed by atoms with E-state index in [0.29, 0.717) is 25.7 Å². The molecule has 1 aliphatic heterocycles. The summed E-state index contributed by atoms with van der Waals surface area (Å²) in [5.74, 6) is -0.864. The minimum Gasteiger partial charge on any atom is -0.480 e. The van der Waals surface area contributed by atoms with Crippen molar-refractivity contribution in [1.82, 2.24) is 10.2 Å². The summed E-state index contributed by atoms with van der Waals surface area (Å²) in [6, 6.07) is -1.74. The van der Waals surface area contributed by atoms with Crippen molar-refractivity contribution < 1.29 is 24.5 Å². The first-order valence-corrected chi connectivity index (χ1v) is 5.97. The molecule has 0 bridgehead atoms. The molecule has 1 aliphatic rings. The lowest BCUT2D eigenvalue weighted by atomic mass is 10.00. The van der Waals surface area contributed by atoms with Crippen LogP contribution in [0.5, 0.6) is 0 Å². The normalized spacial score (nSPS) is 18.1. The van der Waals surface area contributed by atoms with Gasteiger partial charge in [0.05, 0.1) is 6.61 Å². The van der Waals surface area contributed by atoms with Crippen molar-refractivity contribution in [3.8, 4) is 0 Å². The van der Waals surface area contributed by atoms with Crippen LogP contribution in [0.4, 0.5) is 4.79 Å². The molecular formula is C11H20N2O5. The number of nitrogens with zero attached hydrogens (tertiary/aromatic N) is 1. The zero-order valence-electron chi connectivity index (χ0n) is 10.5. The molecule has 0 aromatic rings. The Morgan fingerprint density at radius 2 is 2.06 bits per heavy atom. The number of carboxylic acids is 1. The van der Waals surface area contributed by atoms with E-state index in [-0.39, 0.29) is 0 Å². The summed E-state index contributed by atoms with van der Waals surface area (Å²) in [5, 5.41) is 19.8. The second-order valence-electron chi connectivity index (χ2n) is 4.46. The third-order valence-corrected chi connectivity index (χ3v) is 3.00. The van der Waals surface area contributed by atoms with Gasteiger partial charge in [0.1, 0.15) is 0 Å². The number of aliphatic carboxylic acids is 1. The average molecular weight is 260 g/mol. The molecule has 0 aromatic heterocycles. The first-order valence-electron chi connectivity index (χ1n) is 5.97. The molecule has 104 valence electrons. The summed E-state index contributed by atoms with van der Waals surface area (Å²) in [6.45, 7) is 1.35. The lowest BCUT2D eigenvalue weighted by molar-refractivity contribution is -0.140. The Balaban J connectivity index is 2.37. The first-order chi connectivity index (χ1) is 8.54. The molecular weight excluding hydrogens is 240 g/mol. The van der Waals surface area contributed by atoms with Gasteiger partial charge in [-0.3, -0.25) is 0 Å². The lowest BCUT2D eigenvalue weighted by Gasteiger charge is -2.27. The van der Waals surface area contributed by atoms with E-state index in [4.69, 9.17) is 14.9 Å². The molecule has 1 rings (SSSR count). The van der Waals surface area contributed by atoms with E-state index in [1.807, 2.05) is 0 Å². The van der Waals surface area contributed by atoms with Gasteiger partial charge >= 0.3 is 12.0 Å². The van der Waals surface area contributed by atoms with Crippen molar-refractivity contribution >= 4 is 12.0 Å². The number of carboxylic acid groups (broad SMARTS) is 1. The van der Waals surface area contributed by atoms with Gasteiger partial charge in [0, 0.05) is 26.8 Å². The van der Waals surface area contributed by atoms with Crippen LogP contribution in [0, 0.1) is 5.92 Å². The van der Waals surface area contributed by atoms with E-state index in [0.717, 1.165) is 12.8 Å². The standard InChI is InChI=1S/C11H20N2O5/c1-13(6-8-2-4-18-5-3-8)11(17)12-9(7-14)10(15)16/h8-9,14H,2-7H2,1H3,(H,12,17)(H,15,16)/t9-/m1/s1. The molecule has 0 spiro atoms. The third-order valence-electron chi connectivity index (χ3n) is 3.00. The average Bonchev–Trinajstić information content (AvgIpc) is 2.36. The first kappa shape index (κ1) is 14.7. The zero-order valence-corrected chi connectivity index (χ0v) is 10.5. The van der Waals surface area contributed by atoms with Gasteiger partial charge in [-0.05, 0) is 18.8 Å². The zero-order chi connectivity index (χ0) is 13.5. The van der Waals surface area contributed by atoms with Crippen LogP contribution in [0.1, 0.15) is 12.8 Å². The van der Waals surface area contributed by atoms with Gasteiger partial charge in [-0.25, -0.2) is 9.59 Å². The molecule has 0 aliphatic carbocycles. The van der Waals surface area contributed by atoms with E-state index >= 15 is 0 Å². The Kier molecular flexibility index (Phi) is 5.87. The Morgan fingerprint density at radius 1 is 1.44 bits per heavy atom. The van der Waals surface area contributed by atoms with E-state index in [1.165, 1.54) is 4.90 Å². The monoisotopic (exact) mass is 260 g/mol. The largest absolute Gasteiger partial charge is 0.480 e. The number of aliphatic hydroxyl groups is 1. The SMILES string of the molecule is CN(CC1CCOCC1)C(=O)N[C@H](CO)C(=O)O. The van der Waals surface area contributed by atoms with Gasteiger partial charge in [0.2, 0.25) is 0 Å². The van der Waals surface area contributed by atoms with Gasteiger partial charge in [0.25, 0.3) is 0 Å². The minimum atomic E-state index is -1.25. The van der Waals surface area contributed by atoms with Crippen LogP contribution in [0.3, 0.4) is 0 Å². The highest BCUT2D eigenvalue weighted by Crippen LogP contribution is 2.15. The maximum Gasteiger partial charge on any atom is 0.328 e. The van der Waals surface area contributed by atoms with Gasteiger partial charge in [-0.15, -0.1) is 0 Å². The Bertz CT molecular complexity index is 291. The van der Waals surface area contributed by atoms with Crippen molar-refractivity contribution in [3.05, 3.63) is 0 Å². The molecule has 2 amide bonds. The fourth-order valence-electron chi connectivity index (χ4n) is 1.84. The predicted octanol–water partition coefficient (Wildman–Crippen LogP) is -0.500. The molecule has 1 heterocycles. The third kappa shape index (κ3) is 4.50. The number of nitrogens with one attached hydrogen (secondary N) is 1. The molecule has 0 saturated carbocycles. The lowest BCUT2D eigenvalue weighted by Crippen LogP contribution is -2.49. The summed E-state index contributed by atoms with van der Waals surface area (Å²) in [7, 11) is 1.61. The highest BCUT2D eigenvalue weighted by Gasteiger charge is 2.23. The molecule has 18 heavy (non-hydrogen) atoms. The van der Waals surface area contributed by atoms with Crippen LogP contribution in [0.15, 0.2) is 0 Å². The Morgan fingerprint density at radius 3 is 2.56 bits per heavy atom. The van der Waals surface area contributed by atoms with Crippen LogP contribution in [0.25, 0.3) is 0 Å². The van der Waals surface area contributed by atoms with Crippen LogP contribution in [-0.4, -0.2) is 66.6 Å². The molecule has 7 nitrogen and oxygen atoms in total. The second-order valence-corrected chi connectivity index (χ2v) is 4.46. The number of urea groups is 1. The number of aliphatic hydroxyl groups excluding tert-OH is 1. The molecule has 7 heteroatoms. The van der Waals surface area contributed by atoms with Crippen molar-refractivity contribution in [3.63, 3.8) is 0 Å². The number of carbonyl (C=O) groups excluding carboxylic acids is 1. The molecule has 1 saturated heterocycles. The predicted molar refractivity (Wildman–Crippen MR) is 63.2 cm³/mol. The molecule has 0 radical (unpaired) electrons. The van der Waals surface area contributed by atoms with Crippen LogP contribution >= 0.6 is 0 Å². The van der Waals surface area contributed by atoms with E-state index in [1.54, 1.807) is 7.05 Å². The number of amides is 2. The maximum absolute atomic E-state index is 11.7. The van der Waals surface area contributed by atoms with Crippen molar-refractivity contribution in [2.45, 2.75) is 18.9 Å². The quantitative estimate of drug-likeness (QED) is 0.619. The summed E-state index contributed by atoms with van der Waals surface area (Å²) in [5.41, 5.74) is 0.